The Hall–Kier alpha value is -2.90. The van der Waals surface area contributed by atoms with Crippen molar-refractivity contribution in [3.8, 4) is 0 Å². The molecule has 2 rings (SSSR count). The summed E-state index contributed by atoms with van der Waals surface area (Å²) in [6.45, 7) is 3.79. The van der Waals surface area contributed by atoms with Gasteiger partial charge in [0.2, 0.25) is 11.9 Å². The summed E-state index contributed by atoms with van der Waals surface area (Å²) in [4.78, 5) is 18.2. The van der Waals surface area contributed by atoms with E-state index in [1.807, 2.05) is 0 Å². The van der Waals surface area contributed by atoms with E-state index in [1.54, 1.807) is 24.3 Å². The van der Waals surface area contributed by atoms with Crippen LogP contribution in [-0.4, -0.2) is 15.9 Å². The van der Waals surface area contributed by atoms with Gasteiger partial charge in [0.15, 0.2) is 0 Å². The first kappa shape index (κ1) is 16.5. The van der Waals surface area contributed by atoms with Crippen LogP contribution in [0.25, 0.3) is 5.57 Å². The summed E-state index contributed by atoms with van der Waals surface area (Å²) in [5.41, 5.74) is 5.66. The molecule has 5 nitrogen and oxygen atoms in total. The molecule has 0 saturated heterocycles. The number of alkyl halides is 3. The number of benzene rings is 1. The summed E-state index contributed by atoms with van der Waals surface area (Å²) in [5, 5.41) is 2.71. The first-order valence-electron chi connectivity index (χ1n) is 6.49. The highest BCUT2D eigenvalue weighted by atomic mass is 19.4. The van der Waals surface area contributed by atoms with E-state index >= 15 is 0 Å². The van der Waals surface area contributed by atoms with Gasteiger partial charge in [-0.25, -0.2) is 9.97 Å². The molecule has 0 aliphatic rings. The number of anilines is 1. The molecule has 120 valence electrons. The first-order valence-corrected chi connectivity index (χ1v) is 6.49. The normalized spacial score (nSPS) is 11.1. The molecule has 2 aromatic rings. The molecule has 0 atom stereocenters. The summed E-state index contributed by atoms with van der Waals surface area (Å²) in [6, 6.07) is 7.50. The Morgan fingerprint density at radius 3 is 2.43 bits per heavy atom. The smallest absolute Gasteiger partial charge is 0.366 e. The SMILES string of the molecule is C=C(C(N)=O)c1ccc(CNc2nccc(C(F)(F)F)n2)cc1. The third-order valence-corrected chi connectivity index (χ3v) is 3.00. The Balaban J connectivity index is 2.04. The standard InChI is InChI=1S/C15H13F3N4O/c1-9(13(19)23)11-4-2-10(3-5-11)8-21-14-20-7-6-12(22-14)15(16,17)18/h2-7H,1,8H2,(H2,19,23)(H,20,21,22). The van der Waals surface area contributed by atoms with E-state index in [9.17, 15) is 18.0 Å². The van der Waals surface area contributed by atoms with Crippen molar-refractivity contribution in [2.24, 2.45) is 5.73 Å². The summed E-state index contributed by atoms with van der Waals surface area (Å²) in [5.74, 6) is -0.737. The minimum atomic E-state index is -4.52. The second-order valence-corrected chi connectivity index (χ2v) is 4.66. The molecule has 0 radical (unpaired) electrons. The fourth-order valence-corrected chi connectivity index (χ4v) is 1.75. The second kappa shape index (κ2) is 6.47. The molecular weight excluding hydrogens is 309 g/mol. The quantitative estimate of drug-likeness (QED) is 0.829. The van der Waals surface area contributed by atoms with E-state index in [-0.39, 0.29) is 18.1 Å². The molecule has 1 aromatic carbocycles. The third kappa shape index (κ3) is 4.29. The minimum Gasteiger partial charge on any atom is -0.366 e. The monoisotopic (exact) mass is 322 g/mol. The lowest BCUT2D eigenvalue weighted by Gasteiger charge is -2.09. The van der Waals surface area contributed by atoms with E-state index in [4.69, 9.17) is 5.73 Å². The number of nitrogens with two attached hydrogens (primary N) is 1. The number of nitrogens with zero attached hydrogens (tertiary/aromatic N) is 2. The average molecular weight is 322 g/mol. The van der Waals surface area contributed by atoms with Crippen molar-refractivity contribution in [3.63, 3.8) is 0 Å². The highest BCUT2D eigenvalue weighted by Crippen LogP contribution is 2.27. The number of primary amides is 1. The van der Waals surface area contributed by atoms with Crippen LogP contribution in [0.5, 0.6) is 0 Å². The van der Waals surface area contributed by atoms with Crippen LogP contribution in [0.2, 0.25) is 0 Å². The zero-order chi connectivity index (χ0) is 17.0. The van der Waals surface area contributed by atoms with Crippen molar-refractivity contribution >= 4 is 17.4 Å². The molecule has 0 aliphatic heterocycles. The number of hydrogen-bond acceptors (Lipinski definition) is 4. The zero-order valence-electron chi connectivity index (χ0n) is 11.9. The van der Waals surface area contributed by atoms with Gasteiger partial charge >= 0.3 is 6.18 Å². The molecule has 0 fully saturated rings. The Labute approximate surface area is 130 Å². The molecule has 0 unspecified atom stereocenters. The lowest BCUT2D eigenvalue weighted by molar-refractivity contribution is -0.141. The average Bonchev–Trinajstić information content (AvgIpc) is 2.52. The summed E-state index contributed by atoms with van der Waals surface area (Å²) >= 11 is 0. The van der Waals surface area contributed by atoms with E-state index in [0.29, 0.717) is 5.56 Å². The maximum Gasteiger partial charge on any atom is 0.433 e. The number of aromatic nitrogens is 2. The Morgan fingerprint density at radius 1 is 1.22 bits per heavy atom. The highest BCUT2D eigenvalue weighted by Gasteiger charge is 2.32. The lowest BCUT2D eigenvalue weighted by Crippen LogP contribution is -2.12. The van der Waals surface area contributed by atoms with Gasteiger partial charge in [0.25, 0.3) is 0 Å². The van der Waals surface area contributed by atoms with Gasteiger partial charge in [0.1, 0.15) is 5.69 Å². The van der Waals surface area contributed by atoms with Gasteiger partial charge < -0.3 is 11.1 Å². The van der Waals surface area contributed by atoms with Gasteiger partial charge in [0.05, 0.1) is 0 Å². The largest absolute Gasteiger partial charge is 0.433 e. The van der Waals surface area contributed by atoms with Gasteiger partial charge in [-0.3, -0.25) is 4.79 Å². The van der Waals surface area contributed by atoms with Crippen molar-refractivity contribution in [1.29, 1.82) is 0 Å². The second-order valence-electron chi connectivity index (χ2n) is 4.66. The summed E-state index contributed by atoms with van der Waals surface area (Å²) in [7, 11) is 0. The lowest BCUT2D eigenvalue weighted by atomic mass is 10.1. The van der Waals surface area contributed by atoms with E-state index < -0.39 is 17.8 Å². The van der Waals surface area contributed by atoms with Crippen molar-refractivity contribution in [2.45, 2.75) is 12.7 Å². The molecule has 1 aromatic heterocycles. The molecule has 8 heteroatoms. The number of rotatable bonds is 5. The molecular formula is C15H13F3N4O. The van der Waals surface area contributed by atoms with Gasteiger partial charge in [-0.2, -0.15) is 13.2 Å². The van der Waals surface area contributed by atoms with E-state index in [1.165, 1.54) is 0 Å². The number of nitrogens with one attached hydrogen (secondary N) is 1. The maximum atomic E-state index is 12.6. The third-order valence-electron chi connectivity index (χ3n) is 3.00. The molecule has 0 spiro atoms. The van der Waals surface area contributed by atoms with Crippen molar-refractivity contribution < 1.29 is 18.0 Å². The van der Waals surface area contributed by atoms with Crippen LogP contribution >= 0.6 is 0 Å². The Bertz CT molecular complexity index is 726. The minimum absolute atomic E-state index is 0.120. The topological polar surface area (TPSA) is 80.9 Å². The van der Waals surface area contributed by atoms with Gasteiger partial charge in [0, 0.05) is 18.3 Å². The van der Waals surface area contributed by atoms with Crippen LogP contribution < -0.4 is 11.1 Å². The van der Waals surface area contributed by atoms with E-state index in [0.717, 1.165) is 17.8 Å². The van der Waals surface area contributed by atoms with Gasteiger partial charge in [-0.05, 0) is 17.2 Å². The number of carbonyl (C=O) groups is 1. The molecule has 0 bridgehead atoms. The predicted octanol–water partition coefficient (Wildman–Crippen LogP) is 2.61. The zero-order valence-corrected chi connectivity index (χ0v) is 11.9. The van der Waals surface area contributed by atoms with Crippen molar-refractivity contribution in [1.82, 2.24) is 9.97 Å². The molecule has 1 heterocycles. The number of amides is 1. The van der Waals surface area contributed by atoms with Crippen LogP contribution in [0.15, 0.2) is 43.1 Å². The van der Waals surface area contributed by atoms with Crippen LogP contribution in [0.3, 0.4) is 0 Å². The number of hydrogen-bond donors (Lipinski definition) is 2. The number of halogens is 3. The molecule has 1 amide bonds. The maximum absolute atomic E-state index is 12.6. The van der Waals surface area contributed by atoms with Crippen LogP contribution in [0, 0.1) is 0 Å². The Kier molecular flexibility index (Phi) is 4.63. The van der Waals surface area contributed by atoms with Crippen LogP contribution in [-0.2, 0) is 17.5 Å². The van der Waals surface area contributed by atoms with E-state index in [2.05, 4.69) is 21.9 Å². The molecule has 0 saturated carbocycles. The fourth-order valence-electron chi connectivity index (χ4n) is 1.75. The molecule has 3 N–H and O–H groups in total. The highest BCUT2D eigenvalue weighted by molar-refractivity contribution is 6.17. The Morgan fingerprint density at radius 2 is 1.87 bits per heavy atom. The number of carbonyl (C=O) groups excluding carboxylic acids is 1. The molecule has 23 heavy (non-hydrogen) atoms. The predicted molar refractivity (Wildman–Crippen MR) is 79.0 cm³/mol. The summed E-state index contributed by atoms with van der Waals surface area (Å²) < 4.78 is 37.7. The van der Waals surface area contributed by atoms with Crippen molar-refractivity contribution in [2.75, 3.05) is 5.32 Å². The molecule has 0 aliphatic carbocycles. The van der Waals surface area contributed by atoms with Crippen LogP contribution in [0.4, 0.5) is 19.1 Å². The van der Waals surface area contributed by atoms with Gasteiger partial charge in [-0.15, -0.1) is 0 Å². The fraction of sp³-hybridized carbons (Fsp3) is 0.133. The first-order chi connectivity index (χ1) is 10.8. The van der Waals surface area contributed by atoms with Crippen LogP contribution in [0.1, 0.15) is 16.8 Å². The van der Waals surface area contributed by atoms with Crippen molar-refractivity contribution in [3.05, 3.63) is 59.9 Å². The van der Waals surface area contributed by atoms with Gasteiger partial charge in [-0.1, -0.05) is 30.8 Å². The summed E-state index contributed by atoms with van der Waals surface area (Å²) in [6.07, 6.45) is -3.48.